The molecule has 2 aromatic rings. The summed E-state index contributed by atoms with van der Waals surface area (Å²) in [6, 6.07) is 12.4. The van der Waals surface area contributed by atoms with Gasteiger partial charge in [0.2, 0.25) is 0 Å². The highest BCUT2D eigenvalue weighted by Gasteiger charge is 2.15. The maximum Gasteiger partial charge on any atom is 0.0931 e. The van der Waals surface area contributed by atoms with Gasteiger partial charge in [-0.15, -0.1) is 23.1 Å². The van der Waals surface area contributed by atoms with Gasteiger partial charge in [-0.1, -0.05) is 45.7 Å². The van der Waals surface area contributed by atoms with Gasteiger partial charge in [0, 0.05) is 9.77 Å². The number of hydrogen-bond donors (Lipinski definition) is 0. The molecule has 84 valence electrons. The van der Waals surface area contributed by atoms with Crippen LogP contribution in [-0.2, 0) is 0 Å². The Balaban J connectivity index is 2.36. The largest absolute Gasteiger partial charge is 0.129 e. The van der Waals surface area contributed by atoms with E-state index in [1.807, 2.05) is 6.07 Å². The minimum Gasteiger partial charge on any atom is -0.129 e. The lowest BCUT2D eigenvalue weighted by molar-refractivity contribution is 1.15. The van der Waals surface area contributed by atoms with Crippen LogP contribution >= 0.6 is 50.6 Å². The van der Waals surface area contributed by atoms with E-state index in [1.54, 1.807) is 23.1 Å². The van der Waals surface area contributed by atoms with Gasteiger partial charge in [0.1, 0.15) is 0 Å². The highest BCUT2D eigenvalue weighted by molar-refractivity contribution is 9.09. The molecule has 0 aliphatic heterocycles. The van der Waals surface area contributed by atoms with E-state index >= 15 is 0 Å². The van der Waals surface area contributed by atoms with Gasteiger partial charge in [-0.05, 0) is 30.0 Å². The van der Waals surface area contributed by atoms with Crippen molar-refractivity contribution in [2.45, 2.75) is 9.72 Å². The highest BCUT2D eigenvalue weighted by atomic mass is 79.9. The van der Waals surface area contributed by atoms with Gasteiger partial charge in [-0.3, -0.25) is 0 Å². The molecule has 0 saturated carbocycles. The van der Waals surface area contributed by atoms with Crippen LogP contribution in [0.4, 0.5) is 0 Å². The van der Waals surface area contributed by atoms with Gasteiger partial charge < -0.3 is 0 Å². The Morgan fingerprint density at radius 3 is 2.62 bits per heavy atom. The molecule has 0 bridgehead atoms. The zero-order valence-corrected chi connectivity index (χ0v) is 12.6. The van der Waals surface area contributed by atoms with Gasteiger partial charge in [0.05, 0.1) is 9.16 Å². The second kappa shape index (κ2) is 5.58. The zero-order valence-electron chi connectivity index (χ0n) is 8.61. The summed E-state index contributed by atoms with van der Waals surface area (Å²) in [5, 5.41) is 0. The van der Waals surface area contributed by atoms with Gasteiger partial charge in [-0.25, -0.2) is 0 Å². The van der Waals surface area contributed by atoms with E-state index in [4.69, 9.17) is 11.6 Å². The molecule has 1 aromatic heterocycles. The smallest absolute Gasteiger partial charge is 0.0931 e. The Bertz CT molecular complexity index is 481. The summed E-state index contributed by atoms with van der Waals surface area (Å²) in [7, 11) is 0. The van der Waals surface area contributed by atoms with E-state index in [2.05, 4.69) is 52.5 Å². The summed E-state index contributed by atoms with van der Waals surface area (Å²) in [6.07, 6.45) is 2.10. The average Bonchev–Trinajstić information content (AvgIpc) is 2.75. The fraction of sp³-hybridized carbons (Fsp3) is 0.167. The van der Waals surface area contributed by atoms with Crippen molar-refractivity contribution in [2.24, 2.45) is 0 Å². The third kappa shape index (κ3) is 2.65. The van der Waals surface area contributed by atoms with E-state index in [0.29, 0.717) is 0 Å². The van der Waals surface area contributed by atoms with Gasteiger partial charge >= 0.3 is 0 Å². The van der Waals surface area contributed by atoms with Gasteiger partial charge in [-0.2, -0.15) is 0 Å². The molecule has 0 spiro atoms. The number of rotatable bonds is 3. The topological polar surface area (TPSA) is 0 Å². The lowest BCUT2D eigenvalue weighted by atomic mass is 10.1. The van der Waals surface area contributed by atoms with Crippen LogP contribution in [0.15, 0.2) is 41.3 Å². The van der Waals surface area contributed by atoms with Crippen molar-refractivity contribution < 1.29 is 0 Å². The Hall–Kier alpha value is 0.0400. The first-order valence-electron chi connectivity index (χ1n) is 4.74. The maximum atomic E-state index is 5.96. The summed E-state index contributed by atoms with van der Waals surface area (Å²) in [6.45, 7) is 0. The zero-order chi connectivity index (χ0) is 11.5. The second-order valence-electron chi connectivity index (χ2n) is 3.25. The lowest BCUT2D eigenvalue weighted by Crippen LogP contribution is -1.91. The highest BCUT2D eigenvalue weighted by Crippen LogP contribution is 2.40. The van der Waals surface area contributed by atoms with Crippen LogP contribution in [0.25, 0.3) is 0 Å². The lowest BCUT2D eigenvalue weighted by Gasteiger charge is -2.12. The predicted molar refractivity (Wildman–Crippen MR) is 78.3 cm³/mol. The molecule has 0 nitrogen and oxygen atoms in total. The first-order valence-corrected chi connectivity index (χ1v) is 8.08. The molecule has 1 atom stereocenters. The molecule has 0 aliphatic rings. The molecule has 1 aromatic carbocycles. The van der Waals surface area contributed by atoms with Gasteiger partial charge in [0.25, 0.3) is 0 Å². The number of alkyl halides is 1. The van der Waals surface area contributed by atoms with E-state index in [9.17, 15) is 0 Å². The molecule has 2 rings (SSSR count). The third-order valence-electron chi connectivity index (χ3n) is 2.26. The van der Waals surface area contributed by atoms with Crippen molar-refractivity contribution in [3.8, 4) is 0 Å². The van der Waals surface area contributed by atoms with Crippen molar-refractivity contribution in [2.75, 3.05) is 6.26 Å². The van der Waals surface area contributed by atoms with Crippen LogP contribution < -0.4 is 0 Å². The quantitative estimate of drug-likeness (QED) is 0.520. The summed E-state index contributed by atoms with van der Waals surface area (Å²) in [4.78, 5) is 2.77. The third-order valence-corrected chi connectivity index (χ3v) is 5.65. The van der Waals surface area contributed by atoms with Crippen LogP contribution in [0.2, 0.25) is 4.34 Å². The first kappa shape index (κ1) is 12.5. The van der Waals surface area contributed by atoms with Crippen LogP contribution in [0, 0.1) is 0 Å². The van der Waals surface area contributed by atoms with Crippen LogP contribution in [-0.4, -0.2) is 6.26 Å². The van der Waals surface area contributed by atoms with Crippen molar-refractivity contribution >= 4 is 50.6 Å². The molecular formula is C12H10BrClS2. The molecule has 16 heavy (non-hydrogen) atoms. The molecule has 0 saturated heterocycles. The summed E-state index contributed by atoms with van der Waals surface area (Å²) in [5.74, 6) is 0. The van der Waals surface area contributed by atoms with Crippen LogP contribution in [0.3, 0.4) is 0 Å². The van der Waals surface area contributed by atoms with E-state index in [-0.39, 0.29) is 4.83 Å². The molecule has 0 aliphatic carbocycles. The first-order chi connectivity index (χ1) is 7.72. The molecular weight excluding hydrogens is 324 g/mol. The Labute approximate surface area is 117 Å². The Kier molecular flexibility index (Phi) is 4.36. The average molecular weight is 334 g/mol. The SMILES string of the molecule is CSc1ccccc1C(Br)c1ccc(Cl)s1. The molecule has 4 heteroatoms. The maximum absolute atomic E-state index is 5.96. The fourth-order valence-corrected chi connectivity index (χ4v) is 4.17. The Morgan fingerprint density at radius 2 is 2.00 bits per heavy atom. The van der Waals surface area contributed by atoms with Crippen molar-refractivity contribution in [1.29, 1.82) is 0 Å². The van der Waals surface area contributed by atoms with Crippen LogP contribution in [0.1, 0.15) is 15.3 Å². The molecule has 1 unspecified atom stereocenters. The minimum absolute atomic E-state index is 0.230. The van der Waals surface area contributed by atoms with E-state index in [0.717, 1.165) is 4.34 Å². The Morgan fingerprint density at radius 1 is 1.25 bits per heavy atom. The number of thioether (sulfide) groups is 1. The monoisotopic (exact) mass is 332 g/mol. The summed E-state index contributed by atoms with van der Waals surface area (Å²) in [5.41, 5.74) is 1.30. The summed E-state index contributed by atoms with van der Waals surface area (Å²) < 4.78 is 0.834. The number of thiophene rings is 1. The van der Waals surface area contributed by atoms with Gasteiger partial charge in [0.15, 0.2) is 0 Å². The minimum atomic E-state index is 0.230. The predicted octanol–water partition coefficient (Wildman–Crippen LogP) is 5.61. The molecule has 0 amide bonds. The molecule has 0 radical (unpaired) electrons. The number of hydrogen-bond acceptors (Lipinski definition) is 2. The van der Waals surface area contributed by atoms with E-state index < -0.39 is 0 Å². The summed E-state index contributed by atoms with van der Waals surface area (Å²) >= 11 is 13.1. The van der Waals surface area contributed by atoms with Crippen molar-refractivity contribution in [1.82, 2.24) is 0 Å². The van der Waals surface area contributed by atoms with Crippen molar-refractivity contribution in [3.05, 3.63) is 51.2 Å². The van der Waals surface area contributed by atoms with E-state index in [1.165, 1.54) is 15.3 Å². The number of halogens is 2. The molecule has 1 heterocycles. The normalized spacial score (nSPS) is 12.7. The fourth-order valence-electron chi connectivity index (χ4n) is 1.49. The van der Waals surface area contributed by atoms with Crippen LogP contribution in [0.5, 0.6) is 0 Å². The van der Waals surface area contributed by atoms with Crippen molar-refractivity contribution in [3.63, 3.8) is 0 Å². The molecule has 0 fully saturated rings. The number of benzene rings is 1. The molecule has 0 N–H and O–H groups in total. The second-order valence-corrected chi connectivity index (χ2v) is 6.76. The standard InChI is InChI=1S/C12H10BrClS2/c1-15-9-5-3-2-4-8(9)12(13)10-6-7-11(14)16-10/h2-7,12H,1H3.